The van der Waals surface area contributed by atoms with Crippen molar-refractivity contribution in [1.29, 1.82) is 5.26 Å². The summed E-state index contributed by atoms with van der Waals surface area (Å²) in [6.45, 7) is 5.79. The lowest BCUT2D eigenvalue weighted by Crippen LogP contribution is -2.36. The molecule has 174 valence electrons. The quantitative estimate of drug-likeness (QED) is 0.566. The number of amides is 1. The summed E-state index contributed by atoms with van der Waals surface area (Å²) in [7, 11) is 0. The number of nitrogens with one attached hydrogen (secondary N) is 1. The molecule has 0 spiro atoms. The maximum atomic E-state index is 13.3. The van der Waals surface area contributed by atoms with Gasteiger partial charge in [-0.25, -0.2) is 4.39 Å². The van der Waals surface area contributed by atoms with Gasteiger partial charge in [0.15, 0.2) is 0 Å². The van der Waals surface area contributed by atoms with Crippen LogP contribution < -0.4 is 5.32 Å². The summed E-state index contributed by atoms with van der Waals surface area (Å²) >= 11 is 0. The van der Waals surface area contributed by atoms with Crippen LogP contribution in [0.15, 0.2) is 54.6 Å². The van der Waals surface area contributed by atoms with E-state index in [2.05, 4.69) is 22.4 Å². The van der Waals surface area contributed by atoms with Crippen LogP contribution >= 0.6 is 0 Å². The minimum absolute atomic E-state index is 0.184. The van der Waals surface area contributed by atoms with E-state index in [-0.39, 0.29) is 24.0 Å². The Morgan fingerprint density at radius 3 is 2.47 bits per heavy atom. The minimum Gasteiger partial charge on any atom is -0.508 e. The molecule has 0 saturated carbocycles. The first-order valence-electron chi connectivity index (χ1n) is 11.2. The van der Waals surface area contributed by atoms with Crippen LogP contribution in [0.25, 0.3) is 5.57 Å². The maximum Gasteiger partial charge on any atom is 0.239 e. The first-order chi connectivity index (χ1) is 16.4. The van der Waals surface area contributed by atoms with E-state index in [9.17, 15) is 19.6 Å². The van der Waals surface area contributed by atoms with E-state index in [1.165, 1.54) is 17.7 Å². The predicted octanol–water partition coefficient (Wildman–Crippen LogP) is 4.60. The Balaban J connectivity index is 1.46. The van der Waals surface area contributed by atoms with Gasteiger partial charge >= 0.3 is 0 Å². The molecule has 4 rings (SSSR count). The minimum atomic E-state index is -0.306. The van der Waals surface area contributed by atoms with E-state index in [1.807, 2.05) is 30.5 Å². The van der Waals surface area contributed by atoms with Crippen LogP contribution in [0, 0.1) is 31.0 Å². The van der Waals surface area contributed by atoms with Crippen molar-refractivity contribution in [2.45, 2.75) is 26.8 Å². The smallest absolute Gasteiger partial charge is 0.239 e. The Morgan fingerprint density at radius 1 is 1.15 bits per heavy atom. The summed E-state index contributed by atoms with van der Waals surface area (Å²) in [5.41, 5.74) is 5.30. The number of hydrogen-bond donors (Lipinski definition) is 2. The summed E-state index contributed by atoms with van der Waals surface area (Å²) in [5.74, 6) is 0.226. The molecular weight excluding hydrogens is 431 g/mol. The Bertz CT molecular complexity index is 1270. The number of carbonyl (C=O) groups excluding carboxylic acids is 1. The predicted molar refractivity (Wildman–Crippen MR) is 130 cm³/mol. The molecule has 2 heterocycles. The fourth-order valence-electron chi connectivity index (χ4n) is 4.27. The second-order valence-corrected chi connectivity index (χ2v) is 8.57. The van der Waals surface area contributed by atoms with Crippen molar-refractivity contribution in [3.05, 3.63) is 88.4 Å². The third kappa shape index (κ3) is 5.03. The molecule has 2 aromatic carbocycles. The van der Waals surface area contributed by atoms with Crippen molar-refractivity contribution in [3.63, 3.8) is 0 Å². The molecule has 6 nitrogen and oxygen atoms in total. The molecule has 0 saturated heterocycles. The molecular formula is C27H27FN4O2. The van der Waals surface area contributed by atoms with Gasteiger partial charge < -0.3 is 15.0 Å². The van der Waals surface area contributed by atoms with Gasteiger partial charge in [0.2, 0.25) is 5.91 Å². The molecule has 1 aliphatic heterocycles. The lowest BCUT2D eigenvalue weighted by Gasteiger charge is -2.26. The Hall–Kier alpha value is -3.89. The average molecular weight is 459 g/mol. The lowest BCUT2D eigenvalue weighted by molar-refractivity contribution is -0.117. The fraction of sp³-hybridized carbons (Fsp3) is 0.259. The van der Waals surface area contributed by atoms with E-state index >= 15 is 0 Å². The number of anilines is 1. The number of hydrogen-bond acceptors (Lipinski definition) is 4. The SMILES string of the molecule is Cc1c(C#N)c(NC(=O)CN2CC=C(c3ccc(O)cc3)CC2)n(Cc2ccc(F)cc2)c1C. The number of carbonyl (C=O) groups is 1. The van der Waals surface area contributed by atoms with Crippen molar-refractivity contribution < 1.29 is 14.3 Å². The van der Waals surface area contributed by atoms with Crippen molar-refractivity contribution in [1.82, 2.24) is 9.47 Å². The summed E-state index contributed by atoms with van der Waals surface area (Å²) in [6.07, 6.45) is 2.91. The molecule has 0 unspecified atom stereocenters. The number of aromatic hydroxyl groups is 1. The normalized spacial score (nSPS) is 13.9. The number of nitrogens with zero attached hydrogens (tertiary/aromatic N) is 3. The Labute approximate surface area is 198 Å². The zero-order valence-electron chi connectivity index (χ0n) is 19.3. The molecule has 0 aliphatic carbocycles. The second-order valence-electron chi connectivity index (χ2n) is 8.57. The highest BCUT2D eigenvalue weighted by atomic mass is 19.1. The van der Waals surface area contributed by atoms with Crippen molar-refractivity contribution in [2.24, 2.45) is 0 Å². The van der Waals surface area contributed by atoms with E-state index in [0.717, 1.165) is 35.3 Å². The van der Waals surface area contributed by atoms with Crippen molar-refractivity contribution in [2.75, 3.05) is 25.0 Å². The molecule has 1 aliphatic rings. The van der Waals surface area contributed by atoms with Gasteiger partial charge in [0.1, 0.15) is 23.5 Å². The van der Waals surface area contributed by atoms with E-state index < -0.39 is 0 Å². The highest BCUT2D eigenvalue weighted by Crippen LogP contribution is 2.28. The molecule has 0 bridgehead atoms. The fourth-order valence-corrected chi connectivity index (χ4v) is 4.27. The van der Waals surface area contributed by atoms with Crippen LogP contribution in [0.1, 0.15) is 34.4 Å². The number of nitriles is 1. The van der Waals surface area contributed by atoms with Gasteiger partial charge in [-0.15, -0.1) is 0 Å². The Kier molecular flexibility index (Phi) is 6.80. The second kappa shape index (κ2) is 9.94. The number of phenols is 1. The lowest BCUT2D eigenvalue weighted by atomic mass is 9.99. The third-order valence-corrected chi connectivity index (χ3v) is 6.35. The summed E-state index contributed by atoms with van der Waals surface area (Å²) in [5, 5.41) is 22.2. The maximum absolute atomic E-state index is 13.3. The number of phenolic OH excluding ortho intramolecular Hbond substituents is 1. The van der Waals surface area contributed by atoms with Gasteiger partial charge in [-0.2, -0.15) is 5.26 Å². The van der Waals surface area contributed by atoms with Crippen LogP contribution in [0.5, 0.6) is 5.75 Å². The zero-order valence-corrected chi connectivity index (χ0v) is 19.3. The number of halogens is 1. The number of rotatable bonds is 6. The third-order valence-electron chi connectivity index (χ3n) is 6.35. The zero-order chi connectivity index (χ0) is 24.2. The van der Waals surface area contributed by atoms with Crippen LogP contribution in [0.2, 0.25) is 0 Å². The van der Waals surface area contributed by atoms with Crippen LogP contribution in [-0.2, 0) is 11.3 Å². The van der Waals surface area contributed by atoms with Crippen molar-refractivity contribution >= 4 is 17.3 Å². The highest BCUT2D eigenvalue weighted by molar-refractivity contribution is 5.93. The standard InChI is InChI=1S/C27H27FN4O2/c1-18-19(2)32(16-20-3-7-23(28)8-4-20)27(25(18)15-29)30-26(34)17-31-13-11-22(12-14-31)21-5-9-24(33)10-6-21/h3-11,33H,12-14,16-17H2,1-2H3,(H,30,34). The van der Waals surface area contributed by atoms with Crippen molar-refractivity contribution in [3.8, 4) is 11.8 Å². The molecule has 0 atom stereocenters. The van der Waals surface area contributed by atoms with E-state index in [0.29, 0.717) is 24.5 Å². The molecule has 0 fully saturated rings. The molecule has 1 amide bonds. The molecule has 1 aromatic heterocycles. The van der Waals surface area contributed by atoms with Crippen LogP contribution in [0.4, 0.5) is 10.2 Å². The monoisotopic (exact) mass is 458 g/mol. The highest BCUT2D eigenvalue weighted by Gasteiger charge is 2.22. The summed E-state index contributed by atoms with van der Waals surface area (Å²) < 4.78 is 15.2. The number of benzene rings is 2. The van der Waals surface area contributed by atoms with Crippen LogP contribution in [-0.4, -0.2) is 40.1 Å². The van der Waals surface area contributed by atoms with E-state index in [1.54, 1.807) is 24.3 Å². The van der Waals surface area contributed by atoms with Gasteiger partial charge in [-0.3, -0.25) is 9.69 Å². The molecule has 7 heteroatoms. The van der Waals surface area contributed by atoms with Crippen LogP contribution in [0.3, 0.4) is 0 Å². The Morgan fingerprint density at radius 2 is 1.85 bits per heavy atom. The topological polar surface area (TPSA) is 81.3 Å². The summed E-state index contributed by atoms with van der Waals surface area (Å²) in [6, 6.07) is 15.6. The first-order valence-corrected chi connectivity index (χ1v) is 11.2. The molecule has 2 N–H and O–H groups in total. The molecule has 34 heavy (non-hydrogen) atoms. The van der Waals surface area contributed by atoms with Gasteiger partial charge in [0.25, 0.3) is 0 Å². The summed E-state index contributed by atoms with van der Waals surface area (Å²) in [4.78, 5) is 15.0. The molecule has 3 aromatic rings. The van der Waals surface area contributed by atoms with Gasteiger partial charge in [0.05, 0.1) is 12.1 Å². The van der Waals surface area contributed by atoms with Gasteiger partial charge in [-0.05, 0) is 66.8 Å². The average Bonchev–Trinajstić information content (AvgIpc) is 3.05. The van der Waals surface area contributed by atoms with Gasteiger partial charge in [0, 0.05) is 25.3 Å². The van der Waals surface area contributed by atoms with E-state index in [4.69, 9.17) is 0 Å². The molecule has 0 radical (unpaired) electrons. The first kappa shape index (κ1) is 23.3. The largest absolute Gasteiger partial charge is 0.508 e. The van der Waals surface area contributed by atoms with Gasteiger partial charge in [-0.1, -0.05) is 30.3 Å². The number of aromatic nitrogens is 1.